The third kappa shape index (κ3) is 4.45. The first-order valence-electron chi connectivity index (χ1n) is 7.52. The summed E-state index contributed by atoms with van der Waals surface area (Å²) in [5, 5.41) is 0. The summed E-state index contributed by atoms with van der Waals surface area (Å²) in [6.07, 6.45) is 1.12. The van der Waals surface area contributed by atoms with E-state index < -0.39 is 5.60 Å². The number of likely N-dealkylation sites (tertiary alicyclic amines) is 1. The van der Waals surface area contributed by atoms with Crippen LogP contribution in [0.5, 0.6) is 0 Å². The molecule has 1 fully saturated rings. The number of rotatable bonds is 4. The van der Waals surface area contributed by atoms with Gasteiger partial charge < -0.3 is 9.64 Å². The molecule has 0 atom stereocenters. The van der Waals surface area contributed by atoms with Crippen molar-refractivity contribution in [1.29, 1.82) is 0 Å². The molecule has 0 radical (unpaired) electrons. The summed E-state index contributed by atoms with van der Waals surface area (Å²) in [6, 6.07) is 8.29. The molecule has 1 aliphatic heterocycles. The van der Waals surface area contributed by atoms with Crippen molar-refractivity contribution in [3.05, 3.63) is 35.4 Å². The quantitative estimate of drug-likeness (QED) is 0.842. The Morgan fingerprint density at radius 2 is 1.90 bits per heavy atom. The summed E-state index contributed by atoms with van der Waals surface area (Å²) in [5.74, 6) is 0.382. The number of aryl methyl sites for hydroxylation is 1. The first-order chi connectivity index (χ1) is 9.89. The van der Waals surface area contributed by atoms with Gasteiger partial charge in [-0.05, 0) is 44.7 Å². The zero-order valence-electron chi connectivity index (χ0n) is 13.1. The average Bonchev–Trinajstić information content (AvgIpc) is 2.34. The highest BCUT2D eigenvalue weighted by Gasteiger charge is 2.34. The number of nitrogens with zero attached hydrogens (tertiary/aromatic N) is 1. The molecule has 0 spiro atoms. The maximum Gasteiger partial charge on any atom is 0.410 e. The molecule has 1 aromatic carbocycles. The van der Waals surface area contributed by atoms with Gasteiger partial charge in [0.25, 0.3) is 0 Å². The molecule has 0 unspecified atom stereocenters. The topological polar surface area (TPSA) is 29.5 Å². The molecule has 2 rings (SSSR count). The molecule has 3 nitrogen and oxygen atoms in total. The van der Waals surface area contributed by atoms with Crippen molar-refractivity contribution >= 4 is 6.09 Å². The molecule has 0 N–H and O–H groups in total. The van der Waals surface area contributed by atoms with Gasteiger partial charge in [0.15, 0.2) is 0 Å². The lowest BCUT2D eigenvalue weighted by atomic mass is 9.91. The molecular weight excluding hydrogens is 269 g/mol. The Morgan fingerprint density at radius 1 is 1.29 bits per heavy atom. The summed E-state index contributed by atoms with van der Waals surface area (Å²) in [5.41, 5.74) is 1.96. The number of ether oxygens (including phenoxy) is 1. The molecule has 4 heteroatoms. The lowest BCUT2D eigenvalue weighted by molar-refractivity contribution is 0.00819. The minimum absolute atomic E-state index is 0.238. The van der Waals surface area contributed by atoms with Crippen molar-refractivity contribution in [2.75, 3.05) is 19.8 Å². The Bertz CT molecular complexity index is 473. The Kier molecular flexibility index (Phi) is 4.86. The van der Waals surface area contributed by atoms with Crippen LogP contribution in [0.15, 0.2) is 24.3 Å². The van der Waals surface area contributed by atoms with Gasteiger partial charge in [-0.2, -0.15) is 0 Å². The number of carbonyl (C=O) groups is 1. The Balaban J connectivity index is 1.82. The highest BCUT2D eigenvalue weighted by molar-refractivity contribution is 5.69. The molecule has 1 aromatic rings. The molecule has 0 saturated carbocycles. The smallest absolute Gasteiger partial charge is 0.410 e. The van der Waals surface area contributed by atoms with E-state index in [4.69, 9.17) is 4.74 Å². The van der Waals surface area contributed by atoms with Crippen LogP contribution in [0.3, 0.4) is 0 Å². The number of amides is 1. The van der Waals surface area contributed by atoms with E-state index in [-0.39, 0.29) is 12.8 Å². The number of hydrogen-bond donors (Lipinski definition) is 0. The van der Waals surface area contributed by atoms with Gasteiger partial charge in [0.2, 0.25) is 0 Å². The molecule has 0 bridgehead atoms. The SMILES string of the molecule is CC(C)(C)OC(=O)N1CC(c2ccc(CCCF)cc2)C1. The number of benzene rings is 1. The third-order valence-electron chi connectivity index (χ3n) is 3.58. The van der Waals surface area contributed by atoms with Crippen molar-refractivity contribution in [3.63, 3.8) is 0 Å². The highest BCUT2D eigenvalue weighted by Crippen LogP contribution is 2.28. The molecule has 1 amide bonds. The fraction of sp³-hybridized carbons (Fsp3) is 0.588. The van der Waals surface area contributed by atoms with E-state index in [0.717, 1.165) is 6.42 Å². The van der Waals surface area contributed by atoms with Crippen molar-refractivity contribution < 1.29 is 13.9 Å². The van der Waals surface area contributed by atoms with Crippen LogP contribution in [0.1, 0.15) is 44.2 Å². The second kappa shape index (κ2) is 6.46. The summed E-state index contributed by atoms with van der Waals surface area (Å²) in [4.78, 5) is 13.6. The first kappa shape index (κ1) is 15.8. The predicted molar refractivity (Wildman–Crippen MR) is 81.3 cm³/mol. The van der Waals surface area contributed by atoms with Gasteiger partial charge in [-0.15, -0.1) is 0 Å². The lowest BCUT2D eigenvalue weighted by Gasteiger charge is -2.40. The summed E-state index contributed by atoms with van der Waals surface area (Å²) >= 11 is 0. The van der Waals surface area contributed by atoms with Crippen LogP contribution in [-0.4, -0.2) is 36.4 Å². The maximum atomic E-state index is 12.1. The molecular formula is C17H24FNO2. The van der Waals surface area contributed by atoms with E-state index in [1.165, 1.54) is 11.1 Å². The first-order valence-corrected chi connectivity index (χ1v) is 7.52. The van der Waals surface area contributed by atoms with E-state index in [9.17, 15) is 9.18 Å². The second-order valence-electron chi connectivity index (χ2n) is 6.62. The summed E-state index contributed by atoms with van der Waals surface area (Å²) in [6.45, 7) is 6.77. The number of hydrogen-bond acceptors (Lipinski definition) is 2. The van der Waals surface area contributed by atoms with Crippen LogP contribution < -0.4 is 0 Å². The van der Waals surface area contributed by atoms with E-state index in [1.54, 1.807) is 4.90 Å². The minimum atomic E-state index is -0.444. The van der Waals surface area contributed by atoms with Gasteiger partial charge in [-0.1, -0.05) is 24.3 Å². The largest absolute Gasteiger partial charge is 0.444 e. The van der Waals surface area contributed by atoms with Crippen LogP contribution in [-0.2, 0) is 11.2 Å². The molecule has 1 saturated heterocycles. The predicted octanol–water partition coefficient (Wildman–Crippen LogP) is 3.92. The average molecular weight is 293 g/mol. The summed E-state index contributed by atoms with van der Waals surface area (Å²) < 4.78 is 17.5. The van der Waals surface area contributed by atoms with Gasteiger partial charge in [0, 0.05) is 19.0 Å². The van der Waals surface area contributed by atoms with Crippen molar-refractivity contribution in [2.24, 2.45) is 0 Å². The molecule has 0 aliphatic carbocycles. The van der Waals surface area contributed by atoms with Crippen molar-refractivity contribution in [2.45, 2.75) is 45.1 Å². The molecule has 0 aromatic heterocycles. The molecule has 1 aliphatic rings. The summed E-state index contributed by atoms with van der Waals surface area (Å²) in [7, 11) is 0. The number of carbonyl (C=O) groups excluding carboxylic acids is 1. The fourth-order valence-corrected chi connectivity index (χ4v) is 2.39. The van der Waals surface area contributed by atoms with Crippen molar-refractivity contribution in [1.82, 2.24) is 4.90 Å². The number of halogens is 1. The van der Waals surface area contributed by atoms with Gasteiger partial charge >= 0.3 is 6.09 Å². The van der Waals surface area contributed by atoms with Gasteiger partial charge in [-0.3, -0.25) is 4.39 Å². The van der Waals surface area contributed by atoms with E-state index in [2.05, 4.69) is 24.3 Å². The Morgan fingerprint density at radius 3 is 2.43 bits per heavy atom. The van der Waals surface area contributed by atoms with Crippen molar-refractivity contribution in [3.8, 4) is 0 Å². The minimum Gasteiger partial charge on any atom is -0.444 e. The van der Waals surface area contributed by atoms with Gasteiger partial charge in [0.1, 0.15) is 5.60 Å². The zero-order valence-corrected chi connectivity index (χ0v) is 13.1. The Labute approximate surface area is 126 Å². The fourth-order valence-electron chi connectivity index (χ4n) is 2.39. The second-order valence-corrected chi connectivity index (χ2v) is 6.62. The Hall–Kier alpha value is -1.58. The lowest BCUT2D eigenvalue weighted by Crippen LogP contribution is -2.50. The van der Waals surface area contributed by atoms with Crippen LogP contribution in [0.25, 0.3) is 0 Å². The van der Waals surface area contributed by atoms with Gasteiger partial charge in [-0.25, -0.2) is 4.79 Å². The third-order valence-corrected chi connectivity index (χ3v) is 3.58. The van der Waals surface area contributed by atoms with Crippen LogP contribution in [0.4, 0.5) is 9.18 Å². The van der Waals surface area contributed by atoms with E-state index in [0.29, 0.717) is 25.4 Å². The van der Waals surface area contributed by atoms with E-state index >= 15 is 0 Å². The van der Waals surface area contributed by atoms with Crippen LogP contribution in [0.2, 0.25) is 0 Å². The normalized spacial score (nSPS) is 15.7. The maximum absolute atomic E-state index is 12.1. The standard InChI is InChI=1S/C17H24FNO2/c1-17(2,3)21-16(20)19-11-15(12-19)14-8-6-13(7-9-14)5-4-10-18/h6-9,15H,4-5,10-12H2,1-3H3. The molecule has 1 heterocycles. The molecule has 21 heavy (non-hydrogen) atoms. The van der Waals surface area contributed by atoms with Crippen LogP contribution >= 0.6 is 0 Å². The van der Waals surface area contributed by atoms with E-state index in [1.807, 2.05) is 20.8 Å². The zero-order chi connectivity index (χ0) is 15.5. The highest BCUT2D eigenvalue weighted by atomic mass is 19.1. The molecule has 116 valence electrons. The number of alkyl halides is 1. The van der Waals surface area contributed by atoms with Gasteiger partial charge in [0.05, 0.1) is 6.67 Å². The monoisotopic (exact) mass is 293 g/mol. The van der Waals surface area contributed by atoms with Crippen LogP contribution in [0, 0.1) is 0 Å².